The lowest BCUT2D eigenvalue weighted by atomic mass is 9.77. The fourth-order valence-electron chi connectivity index (χ4n) is 5.08. The van der Waals surface area contributed by atoms with Crippen LogP contribution in [-0.2, 0) is 9.47 Å². The number of hydrogen-bond acceptors (Lipinski definition) is 2. The minimum Gasteiger partial charge on any atom is -0.373 e. The number of unbranched alkanes of at least 4 members (excludes halogenated alkanes) is 1. The van der Waals surface area contributed by atoms with Gasteiger partial charge in [-0.05, 0) is 66.2 Å². The topological polar surface area (TPSA) is 18.5 Å². The molecule has 0 radical (unpaired) electrons. The molecular formula is C28H38O2. The maximum atomic E-state index is 6.09. The number of hydrogen-bond donors (Lipinski definition) is 0. The average molecular weight is 407 g/mol. The summed E-state index contributed by atoms with van der Waals surface area (Å²) in [5.74, 6) is 1.72. The second-order valence-electron chi connectivity index (χ2n) is 9.29. The SMILES string of the molecule is CCCC[C@H]1CO[C@H](c2ccc(-c3ccc([C@H]4CC[C@H](CC)CC4)cc3)cc2)CO1. The molecule has 0 bridgehead atoms. The number of ether oxygens (including phenoxy) is 2. The molecule has 2 heteroatoms. The monoisotopic (exact) mass is 406 g/mol. The molecule has 0 spiro atoms. The van der Waals surface area contributed by atoms with E-state index in [1.54, 1.807) is 0 Å². The second-order valence-corrected chi connectivity index (χ2v) is 9.29. The van der Waals surface area contributed by atoms with Gasteiger partial charge in [-0.25, -0.2) is 0 Å². The van der Waals surface area contributed by atoms with Gasteiger partial charge >= 0.3 is 0 Å². The van der Waals surface area contributed by atoms with Crippen LogP contribution in [-0.4, -0.2) is 19.3 Å². The van der Waals surface area contributed by atoms with Crippen molar-refractivity contribution in [2.45, 2.75) is 83.3 Å². The smallest absolute Gasteiger partial charge is 0.106 e. The van der Waals surface area contributed by atoms with Crippen molar-refractivity contribution in [1.29, 1.82) is 0 Å². The van der Waals surface area contributed by atoms with E-state index in [2.05, 4.69) is 62.4 Å². The molecule has 2 aromatic rings. The summed E-state index contributed by atoms with van der Waals surface area (Å²) in [5.41, 5.74) is 5.32. The minimum atomic E-state index is 0.0672. The van der Waals surface area contributed by atoms with Crippen LogP contribution in [0.4, 0.5) is 0 Å². The molecule has 2 nitrogen and oxygen atoms in total. The lowest BCUT2D eigenvalue weighted by Crippen LogP contribution is -2.31. The Bertz CT molecular complexity index is 748. The Kier molecular flexibility index (Phi) is 7.62. The zero-order chi connectivity index (χ0) is 20.8. The Morgan fingerprint density at radius 2 is 1.37 bits per heavy atom. The summed E-state index contributed by atoms with van der Waals surface area (Å²) in [6.07, 6.45) is 10.7. The first-order chi connectivity index (χ1) is 14.8. The first-order valence-corrected chi connectivity index (χ1v) is 12.2. The van der Waals surface area contributed by atoms with Gasteiger partial charge in [0.15, 0.2) is 0 Å². The third-order valence-electron chi connectivity index (χ3n) is 7.27. The number of rotatable bonds is 7. The van der Waals surface area contributed by atoms with Gasteiger partial charge in [-0.2, -0.15) is 0 Å². The summed E-state index contributed by atoms with van der Waals surface area (Å²) in [6.45, 7) is 5.94. The van der Waals surface area contributed by atoms with Crippen molar-refractivity contribution in [3.05, 3.63) is 59.7 Å². The van der Waals surface area contributed by atoms with Crippen LogP contribution in [0.3, 0.4) is 0 Å². The molecule has 4 rings (SSSR count). The molecule has 0 aromatic heterocycles. The van der Waals surface area contributed by atoms with Crippen LogP contribution >= 0.6 is 0 Å². The van der Waals surface area contributed by atoms with Crippen molar-refractivity contribution in [3.63, 3.8) is 0 Å². The Morgan fingerprint density at radius 3 is 1.90 bits per heavy atom. The van der Waals surface area contributed by atoms with Gasteiger partial charge in [0.25, 0.3) is 0 Å². The van der Waals surface area contributed by atoms with E-state index in [0.29, 0.717) is 13.2 Å². The van der Waals surface area contributed by atoms with E-state index in [1.165, 1.54) is 67.2 Å². The maximum Gasteiger partial charge on any atom is 0.106 e. The van der Waals surface area contributed by atoms with Gasteiger partial charge in [0.05, 0.1) is 19.3 Å². The fourth-order valence-corrected chi connectivity index (χ4v) is 5.08. The highest BCUT2D eigenvalue weighted by molar-refractivity contribution is 5.64. The summed E-state index contributed by atoms with van der Waals surface area (Å²) in [5, 5.41) is 0. The van der Waals surface area contributed by atoms with E-state index >= 15 is 0 Å². The summed E-state index contributed by atoms with van der Waals surface area (Å²) in [7, 11) is 0. The summed E-state index contributed by atoms with van der Waals surface area (Å²) in [4.78, 5) is 0. The Morgan fingerprint density at radius 1 is 0.733 bits per heavy atom. The molecule has 2 fully saturated rings. The van der Waals surface area contributed by atoms with Crippen molar-refractivity contribution in [3.8, 4) is 11.1 Å². The normalized spacial score (nSPS) is 27.1. The molecule has 0 unspecified atom stereocenters. The Labute approximate surface area is 183 Å². The molecule has 162 valence electrons. The van der Waals surface area contributed by atoms with Crippen LogP contribution in [0.2, 0.25) is 0 Å². The van der Waals surface area contributed by atoms with Gasteiger partial charge in [-0.15, -0.1) is 0 Å². The molecule has 2 atom stereocenters. The van der Waals surface area contributed by atoms with Crippen LogP contribution < -0.4 is 0 Å². The van der Waals surface area contributed by atoms with E-state index in [4.69, 9.17) is 9.47 Å². The van der Waals surface area contributed by atoms with Crippen LogP contribution in [0.15, 0.2) is 48.5 Å². The first kappa shape index (κ1) is 21.6. The van der Waals surface area contributed by atoms with E-state index in [0.717, 1.165) is 18.3 Å². The highest BCUT2D eigenvalue weighted by Gasteiger charge is 2.23. The van der Waals surface area contributed by atoms with Crippen molar-refractivity contribution in [2.24, 2.45) is 5.92 Å². The van der Waals surface area contributed by atoms with Crippen molar-refractivity contribution < 1.29 is 9.47 Å². The Hall–Kier alpha value is -1.64. The quantitative estimate of drug-likeness (QED) is 0.469. The first-order valence-electron chi connectivity index (χ1n) is 12.2. The summed E-state index contributed by atoms with van der Waals surface area (Å²) in [6, 6.07) is 18.2. The second kappa shape index (κ2) is 10.6. The lowest BCUT2D eigenvalue weighted by Gasteiger charge is -2.30. The predicted octanol–water partition coefficient (Wildman–Crippen LogP) is 7.68. The van der Waals surface area contributed by atoms with Gasteiger partial charge in [-0.3, -0.25) is 0 Å². The molecule has 2 aromatic carbocycles. The molecule has 0 N–H and O–H groups in total. The van der Waals surface area contributed by atoms with E-state index in [9.17, 15) is 0 Å². The third-order valence-corrected chi connectivity index (χ3v) is 7.27. The average Bonchev–Trinajstić information content (AvgIpc) is 2.83. The summed E-state index contributed by atoms with van der Waals surface area (Å²) >= 11 is 0. The van der Waals surface area contributed by atoms with Crippen LogP contribution in [0.25, 0.3) is 11.1 Å². The summed E-state index contributed by atoms with van der Waals surface area (Å²) < 4.78 is 12.1. The molecule has 30 heavy (non-hydrogen) atoms. The van der Waals surface area contributed by atoms with Crippen LogP contribution in [0, 0.1) is 5.92 Å². The largest absolute Gasteiger partial charge is 0.373 e. The highest BCUT2D eigenvalue weighted by Crippen LogP contribution is 2.37. The van der Waals surface area contributed by atoms with Crippen LogP contribution in [0.1, 0.15) is 88.4 Å². The molecule has 1 aliphatic heterocycles. The zero-order valence-corrected chi connectivity index (χ0v) is 18.8. The molecule has 1 saturated carbocycles. The molecule has 2 aliphatic rings. The van der Waals surface area contributed by atoms with E-state index < -0.39 is 0 Å². The zero-order valence-electron chi connectivity index (χ0n) is 18.8. The standard InChI is InChI=1S/C28H38O2/c1-3-5-6-27-19-30-28(20-29-27)26-17-15-25(16-18-26)24-13-11-23(12-14-24)22-9-7-21(4-2)8-10-22/h11-18,21-22,27-28H,3-10,19-20H2,1-2H3/t21-,22-,27-,28-/m0/s1. The van der Waals surface area contributed by atoms with Gasteiger partial charge in [0.1, 0.15) is 6.10 Å². The molecule has 0 amide bonds. The van der Waals surface area contributed by atoms with Gasteiger partial charge in [-0.1, -0.05) is 81.6 Å². The molecular weight excluding hydrogens is 368 g/mol. The lowest BCUT2D eigenvalue weighted by molar-refractivity contribution is -0.137. The van der Waals surface area contributed by atoms with E-state index in [-0.39, 0.29) is 12.2 Å². The van der Waals surface area contributed by atoms with Crippen LogP contribution in [0.5, 0.6) is 0 Å². The molecule has 1 heterocycles. The fraction of sp³-hybridized carbons (Fsp3) is 0.571. The molecule has 1 saturated heterocycles. The van der Waals surface area contributed by atoms with Gasteiger partial charge in [0.2, 0.25) is 0 Å². The van der Waals surface area contributed by atoms with Crippen molar-refractivity contribution in [1.82, 2.24) is 0 Å². The van der Waals surface area contributed by atoms with Crippen molar-refractivity contribution >= 4 is 0 Å². The van der Waals surface area contributed by atoms with Gasteiger partial charge in [0, 0.05) is 0 Å². The van der Waals surface area contributed by atoms with E-state index in [1.807, 2.05) is 0 Å². The minimum absolute atomic E-state index is 0.0672. The highest BCUT2D eigenvalue weighted by atomic mass is 16.6. The number of benzene rings is 2. The van der Waals surface area contributed by atoms with Crippen molar-refractivity contribution in [2.75, 3.05) is 13.2 Å². The Balaban J connectivity index is 1.33. The maximum absolute atomic E-state index is 6.09. The van der Waals surface area contributed by atoms with Gasteiger partial charge < -0.3 is 9.47 Å². The third kappa shape index (κ3) is 5.34. The molecule has 1 aliphatic carbocycles. The predicted molar refractivity (Wildman–Crippen MR) is 125 cm³/mol.